The van der Waals surface area contributed by atoms with Crippen molar-refractivity contribution in [1.82, 2.24) is 38.2 Å². The summed E-state index contributed by atoms with van der Waals surface area (Å²) < 4.78 is 46.5. The highest BCUT2D eigenvalue weighted by molar-refractivity contribution is 14.1. The molecule has 17 heteroatoms. The number of hydrogen-bond acceptors (Lipinski definition) is 7. The molecule has 6 aromatic heterocycles. The van der Waals surface area contributed by atoms with Crippen LogP contribution in [-0.4, -0.2) is 55.9 Å². The van der Waals surface area contributed by atoms with Gasteiger partial charge < -0.3 is 19.2 Å². The fourth-order valence-electron chi connectivity index (χ4n) is 6.23. The highest BCUT2D eigenvalue weighted by Gasteiger charge is 2.28. The average molecular weight is 823 g/mol. The Labute approximate surface area is 304 Å². The maximum absolute atomic E-state index is 14.1. The minimum atomic E-state index is -1.12. The minimum absolute atomic E-state index is 0.0205. The van der Waals surface area contributed by atoms with Crippen LogP contribution in [0.15, 0.2) is 95.2 Å². The van der Waals surface area contributed by atoms with E-state index in [4.69, 9.17) is 5.11 Å². The lowest BCUT2D eigenvalue weighted by Gasteiger charge is -2.30. The first-order valence-corrected chi connectivity index (χ1v) is 16.9. The largest absolute Gasteiger partial charge is 0.476 e. The molecule has 0 aliphatic heterocycles. The van der Waals surface area contributed by atoms with Gasteiger partial charge in [-0.2, -0.15) is 0 Å². The second kappa shape index (κ2) is 14.0. The summed E-state index contributed by atoms with van der Waals surface area (Å²) >= 11 is 2.13. The van der Waals surface area contributed by atoms with E-state index in [0.717, 1.165) is 15.8 Å². The van der Waals surface area contributed by atoms with Crippen LogP contribution in [0.2, 0.25) is 0 Å². The Morgan fingerprint density at radius 2 is 1.44 bits per heavy atom. The molecule has 7 aromatic rings. The van der Waals surface area contributed by atoms with Crippen molar-refractivity contribution in [2.24, 2.45) is 0 Å². The monoisotopic (exact) mass is 822 g/mol. The van der Waals surface area contributed by atoms with Crippen LogP contribution in [0, 0.1) is 21.0 Å². The van der Waals surface area contributed by atoms with E-state index < -0.39 is 40.7 Å². The Morgan fingerprint density at radius 3 is 2.08 bits per heavy atom. The number of benzene rings is 1. The Morgan fingerprint density at radius 1 is 0.808 bits per heavy atom. The number of carbonyl (C=O) groups excluding carboxylic acids is 1. The van der Waals surface area contributed by atoms with Crippen molar-refractivity contribution in [2.75, 3.05) is 0 Å². The molecule has 52 heavy (non-hydrogen) atoms. The lowest BCUT2D eigenvalue weighted by atomic mass is 9.90. The first kappa shape index (κ1) is 34.6. The van der Waals surface area contributed by atoms with Gasteiger partial charge in [0.05, 0.1) is 17.3 Å². The van der Waals surface area contributed by atoms with Crippen LogP contribution in [0.3, 0.4) is 0 Å². The number of aromatic carboxylic acids is 1. The Hall–Kier alpha value is -5.85. The maximum Gasteiger partial charge on any atom is 0.356 e. The molecule has 1 aliphatic carbocycles. The minimum Gasteiger partial charge on any atom is -0.476 e. The van der Waals surface area contributed by atoms with Crippen molar-refractivity contribution in [3.63, 3.8) is 0 Å². The van der Waals surface area contributed by atoms with Gasteiger partial charge in [-0.25, -0.2) is 42.3 Å². The van der Waals surface area contributed by atoms with E-state index in [9.17, 15) is 32.3 Å². The molecule has 0 spiro atoms. The van der Waals surface area contributed by atoms with Crippen LogP contribution in [0.1, 0.15) is 52.7 Å². The number of fused-ring (bicyclic) bond motifs is 3. The summed E-state index contributed by atoms with van der Waals surface area (Å²) in [5.74, 6) is -3.03. The number of rotatable bonds is 5. The topological polar surface area (TPSA) is 158 Å². The van der Waals surface area contributed by atoms with Crippen molar-refractivity contribution >= 4 is 56.8 Å². The van der Waals surface area contributed by atoms with E-state index in [2.05, 4.69) is 42.9 Å². The van der Waals surface area contributed by atoms with Crippen LogP contribution >= 0.6 is 22.6 Å². The zero-order valence-electron chi connectivity index (χ0n) is 26.8. The molecule has 2 N–H and O–H groups in total. The van der Waals surface area contributed by atoms with Crippen LogP contribution in [0.4, 0.5) is 13.2 Å². The first-order chi connectivity index (χ1) is 24.9. The van der Waals surface area contributed by atoms with Crippen LogP contribution in [0.25, 0.3) is 28.0 Å². The van der Waals surface area contributed by atoms with Gasteiger partial charge in [0.15, 0.2) is 11.3 Å². The van der Waals surface area contributed by atoms with Gasteiger partial charge in [0, 0.05) is 40.4 Å². The number of carboxylic acid groups (broad SMARTS) is 1. The zero-order chi connectivity index (χ0) is 36.7. The summed E-state index contributed by atoms with van der Waals surface area (Å²) in [6.07, 6.45) is 8.09. The van der Waals surface area contributed by atoms with Gasteiger partial charge in [-0.15, -0.1) is 0 Å². The summed E-state index contributed by atoms with van der Waals surface area (Å²) in [4.78, 5) is 62.5. The molecule has 6 heterocycles. The smallest absolute Gasteiger partial charge is 0.356 e. The molecule has 0 atom stereocenters. The molecule has 1 amide bonds. The van der Waals surface area contributed by atoms with Crippen molar-refractivity contribution in [3.05, 3.63) is 139 Å². The van der Waals surface area contributed by atoms with Gasteiger partial charge in [-0.05, 0) is 96.8 Å². The number of nitrogens with one attached hydrogen (secondary N) is 1. The summed E-state index contributed by atoms with van der Waals surface area (Å²) in [6, 6.07) is 13.1. The van der Waals surface area contributed by atoms with E-state index in [1.807, 2.05) is 6.07 Å². The third-order valence-corrected chi connectivity index (χ3v) is 9.31. The summed E-state index contributed by atoms with van der Waals surface area (Å²) in [6.45, 7) is 0. The number of hydrogen-bond donors (Lipinski definition) is 2. The lowest BCUT2D eigenvalue weighted by Crippen LogP contribution is -2.45. The lowest BCUT2D eigenvalue weighted by molar-refractivity contribution is 0.0691. The van der Waals surface area contributed by atoms with Gasteiger partial charge in [0.2, 0.25) is 0 Å². The third-order valence-electron chi connectivity index (χ3n) is 8.64. The predicted molar refractivity (Wildman–Crippen MR) is 190 cm³/mol. The van der Waals surface area contributed by atoms with Gasteiger partial charge >= 0.3 is 11.7 Å². The van der Waals surface area contributed by atoms with E-state index >= 15 is 0 Å². The molecule has 13 nitrogen and oxygen atoms in total. The molecule has 0 saturated heterocycles. The van der Waals surface area contributed by atoms with E-state index in [1.165, 1.54) is 67.0 Å². The molecule has 1 aliphatic rings. The number of pyridine rings is 3. The van der Waals surface area contributed by atoms with E-state index in [1.54, 1.807) is 18.2 Å². The number of aromatic nitrogens is 7. The third kappa shape index (κ3) is 6.90. The molecule has 0 bridgehead atoms. The second-order valence-corrected chi connectivity index (χ2v) is 13.3. The highest BCUT2D eigenvalue weighted by atomic mass is 127. The second-order valence-electron chi connectivity index (χ2n) is 12.1. The summed E-state index contributed by atoms with van der Waals surface area (Å²) in [5, 5.41) is 11.6. The van der Waals surface area contributed by atoms with Crippen molar-refractivity contribution < 1.29 is 27.9 Å². The molecule has 264 valence electrons. The normalized spacial score (nSPS) is 15.8. The van der Waals surface area contributed by atoms with Gasteiger partial charge in [0.25, 0.3) is 11.5 Å². The molecule has 1 aromatic carbocycles. The number of halogens is 4. The van der Waals surface area contributed by atoms with Gasteiger partial charge in [-0.3, -0.25) is 14.2 Å². The number of nitrogens with zero attached hydrogens (tertiary/aromatic N) is 7. The highest BCUT2D eigenvalue weighted by Crippen LogP contribution is 2.28. The summed E-state index contributed by atoms with van der Waals surface area (Å²) in [5.41, 5.74) is 0.436. The zero-order valence-corrected chi connectivity index (χ0v) is 28.9. The average Bonchev–Trinajstić information content (AvgIpc) is 3.74. The SMILES string of the molecule is O=C(N[C@H]1CC[C@@H](n2c(=O)c3cc(F)cnc3n(-c3cccc(I)c3)c2=O)CC1)c1cn2cc(F)ccc2n1.O=C(O)c1cn2cc(F)ccc2n1. The molecule has 0 radical (unpaired) electrons. The molecule has 1 saturated carbocycles. The fraction of sp³-hybridized carbons (Fsp3) is 0.171. The first-order valence-electron chi connectivity index (χ1n) is 15.9. The van der Waals surface area contributed by atoms with E-state index in [0.29, 0.717) is 42.7 Å². The number of carboxylic acids is 1. The van der Waals surface area contributed by atoms with Crippen molar-refractivity contribution in [1.29, 1.82) is 0 Å². The van der Waals surface area contributed by atoms with Crippen LogP contribution in [-0.2, 0) is 0 Å². The van der Waals surface area contributed by atoms with Crippen LogP contribution in [0.5, 0.6) is 0 Å². The Kier molecular flexibility index (Phi) is 9.35. The molecule has 1 fully saturated rings. The van der Waals surface area contributed by atoms with Crippen molar-refractivity contribution in [2.45, 2.75) is 37.8 Å². The number of amides is 1. The number of imidazole rings is 2. The maximum atomic E-state index is 14.1. The Balaban J connectivity index is 0.000000271. The predicted octanol–water partition coefficient (Wildman–Crippen LogP) is 5.16. The quantitative estimate of drug-likeness (QED) is 0.226. The number of carbonyl (C=O) groups is 2. The van der Waals surface area contributed by atoms with Gasteiger partial charge in [0.1, 0.15) is 34.4 Å². The van der Waals surface area contributed by atoms with E-state index in [-0.39, 0.29) is 34.4 Å². The standard InChI is InChI=1S/C27H21F2IN6O3.C8H5FN2O2/c28-15-4-9-23-33-22(14-34(23)13-15)25(37)32-18-5-7-19(8-6-18)36-26(38)21-10-16(29)12-31-24(21)35(27(36)39)20-3-1-2-17(30)11-20;9-5-1-2-7-10-6(8(12)13)4-11(7)3-5/h1-4,9-14,18-19H,5-8H2,(H,32,37);1-4H,(H,12,13)/t18-,19+;. The molecular formula is C35H26F3IN8O5. The van der Waals surface area contributed by atoms with Crippen molar-refractivity contribution in [3.8, 4) is 5.69 Å². The van der Waals surface area contributed by atoms with Crippen LogP contribution < -0.4 is 16.6 Å². The van der Waals surface area contributed by atoms with Gasteiger partial charge in [-0.1, -0.05) is 6.07 Å². The molecule has 0 unspecified atom stereocenters. The summed E-state index contributed by atoms with van der Waals surface area (Å²) in [7, 11) is 0. The fourth-order valence-corrected chi connectivity index (χ4v) is 6.76. The molecule has 8 rings (SSSR count). The Bertz CT molecular complexity index is 2650. The molecular weight excluding hydrogens is 796 g/mol.